The van der Waals surface area contributed by atoms with Gasteiger partial charge in [0.15, 0.2) is 0 Å². The summed E-state index contributed by atoms with van der Waals surface area (Å²) in [7, 11) is 0. The van der Waals surface area contributed by atoms with Crippen LogP contribution >= 0.6 is 11.6 Å². The molecule has 0 spiro atoms. The van der Waals surface area contributed by atoms with Crippen molar-refractivity contribution in [3.8, 4) is 0 Å². The van der Waals surface area contributed by atoms with Crippen molar-refractivity contribution in [3.05, 3.63) is 57.0 Å². The van der Waals surface area contributed by atoms with Crippen molar-refractivity contribution in [2.75, 3.05) is 5.32 Å². The molecule has 0 aliphatic heterocycles. The fourth-order valence-electron chi connectivity index (χ4n) is 2.03. The van der Waals surface area contributed by atoms with E-state index in [1.165, 1.54) is 24.5 Å². The summed E-state index contributed by atoms with van der Waals surface area (Å²) in [4.78, 5) is 34.1. The van der Waals surface area contributed by atoms with Crippen LogP contribution in [0.5, 0.6) is 0 Å². The van der Waals surface area contributed by atoms with Crippen LogP contribution in [0.2, 0.25) is 5.02 Å². The van der Waals surface area contributed by atoms with E-state index in [2.05, 4.69) is 15.8 Å². The molecule has 9 nitrogen and oxygen atoms in total. The highest BCUT2D eigenvalue weighted by atomic mass is 35.5. The molecular formula is C16H15ClN4O5. The van der Waals surface area contributed by atoms with Gasteiger partial charge in [-0.3, -0.25) is 19.7 Å². The highest BCUT2D eigenvalue weighted by molar-refractivity contribution is 6.32. The van der Waals surface area contributed by atoms with Crippen molar-refractivity contribution < 1.29 is 18.9 Å². The van der Waals surface area contributed by atoms with Gasteiger partial charge in [-0.2, -0.15) is 5.10 Å². The van der Waals surface area contributed by atoms with E-state index in [9.17, 15) is 19.7 Å². The van der Waals surface area contributed by atoms with E-state index in [0.717, 1.165) is 6.07 Å². The maximum absolute atomic E-state index is 12.0. The summed E-state index contributed by atoms with van der Waals surface area (Å²) in [6, 6.07) is 5.44. The van der Waals surface area contributed by atoms with Gasteiger partial charge in [-0.05, 0) is 32.0 Å². The lowest BCUT2D eigenvalue weighted by molar-refractivity contribution is -0.384. The number of anilines is 1. The number of aryl methyl sites for hydroxylation is 1. The molecule has 0 unspecified atom stereocenters. The number of halogens is 1. The van der Waals surface area contributed by atoms with E-state index in [-0.39, 0.29) is 22.8 Å². The van der Waals surface area contributed by atoms with E-state index in [1.54, 1.807) is 13.8 Å². The van der Waals surface area contributed by atoms with Crippen molar-refractivity contribution in [1.29, 1.82) is 0 Å². The zero-order valence-corrected chi connectivity index (χ0v) is 14.7. The first-order chi connectivity index (χ1) is 12.3. The Labute approximate surface area is 153 Å². The number of carbonyl (C=O) groups is 2. The first-order valence-corrected chi connectivity index (χ1v) is 7.77. The topological polar surface area (TPSA) is 127 Å². The molecule has 1 heterocycles. The Hall–Kier alpha value is -3.20. The van der Waals surface area contributed by atoms with Gasteiger partial charge < -0.3 is 9.73 Å². The molecular weight excluding hydrogens is 364 g/mol. The van der Waals surface area contributed by atoms with Crippen LogP contribution in [0.1, 0.15) is 29.5 Å². The van der Waals surface area contributed by atoms with Gasteiger partial charge in [-0.25, -0.2) is 5.43 Å². The molecule has 0 bridgehead atoms. The number of amides is 2. The van der Waals surface area contributed by atoms with Crippen LogP contribution in [0.4, 0.5) is 11.4 Å². The average Bonchev–Trinajstić information content (AvgIpc) is 3.00. The molecule has 2 aromatic rings. The molecule has 136 valence electrons. The number of nitrogens with one attached hydrogen (secondary N) is 2. The van der Waals surface area contributed by atoms with Gasteiger partial charge in [0.1, 0.15) is 10.8 Å². The molecule has 1 aromatic heterocycles. The summed E-state index contributed by atoms with van der Waals surface area (Å²) in [6.45, 7) is 3.20. The first-order valence-electron chi connectivity index (χ1n) is 7.39. The van der Waals surface area contributed by atoms with Crippen LogP contribution in [0.15, 0.2) is 40.0 Å². The fourth-order valence-corrected chi connectivity index (χ4v) is 2.22. The Morgan fingerprint density at radius 3 is 2.69 bits per heavy atom. The van der Waals surface area contributed by atoms with Crippen molar-refractivity contribution in [2.24, 2.45) is 5.10 Å². The number of benzene rings is 1. The summed E-state index contributed by atoms with van der Waals surface area (Å²) in [5.41, 5.74) is 2.95. The lowest BCUT2D eigenvalue weighted by atomic mass is 10.2. The Bertz CT molecular complexity index is 891. The Kier molecular flexibility index (Phi) is 6.07. The van der Waals surface area contributed by atoms with Crippen molar-refractivity contribution >= 4 is 40.5 Å². The van der Waals surface area contributed by atoms with Gasteiger partial charge >= 0.3 is 0 Å². The summed E-state index contributed by atoms with van der Waals surface area (Å²) >= 11 is 5.72. The van der Waals surface area contributed by atoms with Crippen LogP contribution in [-0.4, -0.2) is 22.4 Å². The number of hydrogen-bond donors (Lipinski definition) is 2. The molecule has 0 atom stereocenters. The predicted octanol–water partition coefficient (Wildman–Crippen LogP) is 3.28. The van der Waals surface area contributed by atoms with Gasteiger partial charge in [0.2, 0.25) is 5.91 Å². The number of hydrogen-bond acceptors (Lipinski definition) is 6. The van der Waals surface area contributed by atoms with Crippen LogP contribution in [0.25, 0.3) is 0 Å². The maximum atomic E-state index is 12.0. The van der Waals surface area contributed by atoms with Gasteiger partial charge in [0.25, 0.3) is 11.6 Å². The van der Waals surface area contributed by atoms with Crippen LogP contribution in [-0.2, 0) is 4.79 Å². The number of nitrogens with zero attached hydrogens (tertiary/aromatic N) is 2. The Balaban J connectivity index is 1.95. The summed E-state index contributed by atoms with van der Waals surface area (Å²) < 4.78 is 5.03. The normalized spacial score (nSPS) is 11.1. The second-order valence-electron chi connectivity index (χ2n) is 5.33. The molecule has 0 saturated heterocycles. The minimum absolute atomic E-state index is 0.0250. The van der Waals surface area contributed by atoms with Crippen LogP contribution in [0, 0.1) is 17.0 Å². The predicted molar refractivity (Wildman–Crippen MR) is 95.4 cm³/mol. The third-order valence-corrected chi connectivity index (χ3v) is 3.61. The monoisotopic (exact) mass is 378 g/mol. The number of hydrazone groups is 1. The fraction of sp³-hybridized carbons (Fsp3) is 0.188. The van der Waals surface area contributed by atoms with Crippen LogP contribution in [0.3, 0.4) is 0 Å². The first kappa shape index (κ1) is 19.1. The molecule has 0 aliphatic rings. The van der Waals surface area contributed by atoms with E-state index >= 15 is 0 Å². The molecule has 0 radical (unpaired) electrons. The molecule has 2 rings (SSSR count). The number of nitro groups is 1. The van der Waals surface area contributed by atoms with E-state index < -0.39 is 16.7 Å². The molecule has 2 amide bonds. The Morgan fingerprint density at radius 2 is 2.08 bits per heavy atom. The third-order valence-electron chi connectivity index (χ3n) is 3.29. The van der Waals surface area contributed by atoms with Crippen molar-refractivity contribution in [2.45, 2.75) is 20.3 Å². The SMILES string of the molecule is CC(CC(=O)Nc1ccc(Cl)c([N+](=O)[O-])c1)=NNC(=O)c1ccoc1C. The minimum atomic E-state index is -0.641. The number of rotatable bonds is 6. The molecule has 10 heteroatoms. The quantitative estimate of drug-likeness (QED) is 0.453. The molecule has 26 heavy (non-hydrogen) atoms. The lowest BCUT2D eigenvalue weighted by Gasteiger charge is -2.06. The highest BCUT2D eigenvalue weighted by Crippen LogP contribution is 2.27. The van der Waals surface area contributed by atoms with E-state index in [1.807, 2.05) is 0 Å². The molecule has 0 fully saturated rings. The molecule has 2 N–H and O–H groups in total. The standard InChI is InChI=1S/C16H15ClN4O5/c1-9(19-20-16(23)12-5-6-26-10(12)2)7-15(22)18-11-3-4-13(17)14(8-11)21(24)25/h3-6,8H,7H2,1-2H3,(H,18,22)(H,20,23). The maximum Gasteiger partial charge on any atom is 0.289 e. The molecule has 1 aromatic carbocycles. The largest absolute Gasteiger partial charge is 0.469 e. The number of carbonyl (C=O) groups excluding carboxylic acids is 2. The zero-order valence-electron chi connectivity index (χ0n) is 13.9. The van der Waals surface area contributed by atoms with Gasteiger partial charge in [0.05, 0.1) is 23.2 Å². The van der Waals surface area contributed by atoms with E-state index in [4.69, 9.17) is 16.0 Å². The second kappa shape index (κ2) is 8.26. The lowest BCUT2D eigenvalue weighted by Crippen LogP contribution is -2.21. The van der Waals surface area contributed by atoms with Gasteiger partial charge in [-0.1, -0.05) is 11.6 Å². The van der Waals surface area contributed by atoms with Crippen LogP contribution < -0.4 is 10.7 Å². The zero-order chi connectivity index (χ0) is 19.3. The average molecular weight is 379 g/mol. The molecule has 0 aliphatic carbocycles. The minimum Gasteiger partial charge on any atom is -0.469 e. The summed E-state index contributed by atoms with van der Waals surface area (Å²) in [5.74, 6) is -0.446. The van der Waals surface area contributed by atoms with Gasteiger partial charge in [0, 0.05) is 17.5 Å². The molecule has 0 saturated carbocycles. The van der Waals surface area contributed by atoms with Gasteiger partial charge in [-0.15, -0.1) is 0 Å². The van der Waals surface area contributed by atoms with Crippen molar-refractivity contribution in [3.63, 3.8) is 0 Å². The van der Waals surface area contributed by atoms with E-state index in [0.29, 0.717) is 17.0 Å². The summed E-state index contributed by atoms with van der Waals surface area (Å²) in [5, 5.41) is 17.2. The second-order valence-corrected chi connectivity index (χ2v) is 5.73. The van der Waals surface area contributed by atoms with Crippen molar-refractivity contribution in [1.82, 2.24) is 5.43 Å². The number of furan rings is 1. The smallest absolute Gasteiger partial charge is 0.289 e. The number of nitro benzene ring substituents is 1. The Morgan fingerprint density at radius 1 is 1.35 bits per heavy atom. The highest BCUT2D eigenvalue weighted by Gasteiger charge is 2.15. The third kappa shape index (κ3) is 4.90. The summed E-state index contributed by atoms with van der Waals surface area (Å²) in [6.07, 6.45) is 1.28.